The third-order valence-electron chi connectivity index (χ3n) is 3.18. The topological polar surface area (TPSA) is 49.4 Å². The number of halogens is 2. The van der Waals surface area contributed by atoms with Gasteiger partial charge in [0.1, 0.15) is 6.54 Å². The minimum Gasteiger partial charge on any atom is -0.325 e. The maximum atomic E-state index is 12.2. The summed E-state index contributed by atoms with van der Waals surface area (Å²) in [5, 5.41) is 3.56. The molecule has 2 aromatic carbocycles. The quantitative estimate of drug-likeness (QED) is 0.893. The van der Waals surface area contributed by atoms with Crippen molar-refractivity contribution in [2.75, 3.05) is 16.8 Å². The smallest absolute Gasteiger partial charge is 0.244 e. The molecule has 0 atom stereocenters. The van der Waals surface area contributed by atoms with Crippen LogP contribution >= 0.6 is 23.2 Å². The molecule has 0 heterocycles. The zero-order valence-corrected chi connectivity index (χ0v) is 14.3. The average Bonchev–Trinajstić information content (AvgIpc) is 2.47. The number of carbonyl (C=O) groups excluding carboxylic acids is 2. The first-order valence-electron chi connectivity index (χ1n) is 6.96. The molecule has 2 amide bonds. The number of hydrogen-bond acceptors (Lipinski definition) is 2. The van der Waals surface area contributed by atoms with Crippen LogP contribution in [0.15, 0.2) is 42.5 Å². The molecular weight excluding hydrogens is 335 g/mol. The van der Waals surface area contributed by atoms with Crippen LogP contribution in [0.3, 0.4) is 0 Å². The summed E-state index contributed by atoms with van der Waals surface area (Å²) in [4.78, 5) is 25.4. The van der Waals surface area contributed by atoms with Gasteiger partial charge in [-0.05, 0) is 42.8 Å². The molecule has 23 heavy (non-hydrogen) atoms. The number of aryl methyl sites for hydroxylation is 1. The van der Waals surface area contributed by atoms with Crippen LogP contribution in [0, 0.1) is 6.92 Å². The van der Waals surface area contributed by atoms with Crippen molar-refractivity contribution in [3.8, 4) is 0 Å². The predicted octanol–water partition coefficient (Wildman–Crippen LogP) is 4.29. The van der Waals surface area contributed by atoms with E-state index in [1.54, 1.807) is 24.3 Å². The summed E-state index contributed by atoms with van der Waals surface area (Å²) >= 11 is 12.1. The number of anilines is 2. The number of nitrogens with one attached hydrogen (secondary N) is 1. The van der Waals surface area contributed by atoms with Crippen molar-refractivity contribution in [2.45, 2.75) is 13.8 Å². The first-order chi connectivity index (χ1) is 10.9. The average molecular weight is 351 g/mol. The summed E-state index contributed by atoms with van der Waals surface area (Å²) in [6, 6.07) is 12.2. The maximum absolute atomic E-state index is 12.2. The highest BCUT2D eigenvalue weighted by Crippen LogP contribution is 2.29. The minimum absolute atomic E-state index is 0.149. The fourth-order valence-corrected chi connectivity index (χ4v) is 2.51. The van der Waals surface area contributed by atoms with E-state index in [4.69, 9.17) is 23.2 Å². The Balaban J connectivity index is 2.18. The predicted molar refractivity (Wildman–Crippen MR) is 94.3 cm³/mol. The zero-order valence-electron chi connectivity index (χ0n) is 12.8. The van der Waals surface area contributed by atoms with E-state index in [0.29, 0.717) is 21.4 Å². The Morgan fingerprint density at radius 1 is 1.13 bits per heavy atom. The van der Waals surface area contributed by atoms with E-state index in [0.717, 1.165) is 5.56 Å². The van der Waals surface area contributed by atoms with Gasteiger partial charge < -0.3 is 10.2 Å². The molecule has 2 aromatic rings. The molecule has 0 bridgehead atoms. The van der Waals surface area contributed by atoms with Crippen molar-refractivity contribution in [2.24, 2.45) is 0 Å². The van der Waals surface area contributed by atoms with Crippen LogP contribution in [0.1, 0.15) is 12.5 Å². The molecule has 120 valence electrons. The first kappa shape index (κ1) is 17.3. The minimum atomic E-state index is -0.318. The number of carbonyl (C=O) groups is 2. The van der Waals surface area contributed by atoms with Gasteiger partial charge in [0.05, 0.1) is 10.7 Å². The molecule has 0 radical (unpaired) electrons. The second kappa shape index (κ2) is 7.49. The van der Waals surface area contributed by atoms with Crippen molar-refractivity contribution in [1.82, 2.24) is 0 Å². The lowest BCUT2D eigenvalue weighted by atomic mass is 10.2. The molecule has 2 rings (SSSR count). The molecule has 0 spiro atoms. The highest BCUT2D eigenvalue weighted by Gasteiger charge is 2.19. The summed E-state index contributed by atoms with van der Waals surface area (Å²) in [6.45, 7) is 3.16. The summed E-state index contributed by atoms with van der Waals surface area (Å²) < 4.78 is 0. The highest BCUT2D eigenvalue weighted by atomic mass is 35.5. The highest BCUT2D eigenvalue weighted by molar-refractivity contribution is 6.35. The molecule has 0 aliphatic carbocycles. The van der Waals surface area contributed by atoms with Crippen LogP contribution in [-0.4, -0.2) is 18.4 Å². The Labute approximate surface area is 145 Å². The first-order valence-corrected chi connectivity index (χ1v) is 7.72. The SMILES string of the molecule is CC(=O)N(CC(=O)Nc1cccc(C)c1)c1cc(Cl)ccc1Cl. The molecule has 0 fully saturated rings. The molecule has 0 aliphatic heterocycles. The summed E-state index contributed by atoms with van der Waals surface area (Å²) in [6.07, 6.45) is 0. The lowest BCUT2D eigenvalue weighted by Gasteiger charge is -2.22. The van der Waals surface area contributed by atoms with Crippen LogP contribution in [-0.2, 0) is 9.59 Å². The Hall–Kier alpha value is -2.04. The normalized spacial score (nSPS) is 10.3. The molecule has 4 nitrogen and oxygen atoms in total. The van der Waals surface area contributed by atoms with Crippen molar-refractivity contribution < 1.29 is 9.59 Å². The van der Waals surface area contributed by atoms with Crippen molar-refractivity contribution in [3.63, 3.8) is 0 Å². The van der Waals surface area contributed by atoms with E-state index in [-0.39, 0.29) is 18.4 Å². The molecule has 0 aromatic heterocycles. The fourth-order valence-electron chi connectivity index (χ4n) is 2.13. The number of hydrogen-bond donors (Lipinski definition) is 1. The zero-order chi connectivity index (χ0) is 17.0. The maximum Gasteiger partial charge on any atom is 0.244 e. The molecule has 6 heteroatoms. The van der Waals surface area contributed by atoms with Crippen LogP contribution in [0.5, 0.6) is 0 Å². The van der Waals surface area contributed by atoms with Crippen LogP contribution < -0.4 is 10.2 Å². The lowest BCUT2D eigenvalue weighted by molar-refractivity contribution is -0.120. The molecular formula is C17H16Cl2N2O2. The summed E-state index contributed by atoms with van der Waals surface area (Å²) in [5.41, 5.74) is 2.12. The van der Waals surface area contributed by atoms with Gasteiger partial charge in [-0.3, -0.25) is 9.59 Å². The Morgan fingerprint density at radius 2 is 1.87 bits per heavy atom. The Kier molecular flexibility index (Phi) is 5.64. The van der Waals surface area contributed by atoms with Gasteiger partial charge in [-0.25, -0.2) is 0 Å². The molecule has 1 N–H and O–H groups in total. The molecule has 0 aliphatic rings. The molecule has 0 saturated heterocycles. The van der Waals surface area contributed by atoms with Crippen LogP contribution in [0.4, 0.5) is 11.4 Å². The van der Waals surface area contributed by atoms with Gasteiger partial charge in [-0.1, -0.05) is 35.3 Å². The summed E-state index contributed by atoms with van der Waals surface area (Å²) in [5.74, 6) is -0.615. The number of benzene rings is 2. The van der Waals surface area contributed by atoms with Gasteiger partial charge in [0, 0.05) is 17.6 Å². The van der Waals surface area contributed by atoms with Gasteiger partial charge in [0.15, 0.2) is 0 Å². The van der Waals surface area contributed by atoms with E-state index < -0.39 is 0 Å². The molecule has 0 saturated carbocycles. The van der Waals surface area contributed by atoms with Crippen molar-refractivity contribution >= 4 is 46.4 Å². The lowest BCUT2D eigenvalue weighted by Crippen LogP contribution is -2.36. The van der Waals surface area contributed by atoms with E-state index in [2.05, 4.69) is 5.32 Å². The number of amides is 2. The largest absolute Gasteiger partial charge is 0.325 e. The molecule has 0 unspecified atom stereocenters. The number of rotatable bonds is 4. The van der Waals surface area contributed by atoms with Crippen LogP contribution in [0.25, 0.3) is 0 Å². The Bertz CT molecular complexity index is 747. The second-order valence-corrected chi connectivity index (χ2v) is 5.96. The van der Waals surface area contributed by atoms with Gasteiger partial charge >= 0.3 is 0 Å². The third kappa shape index (κ3) is 4.71. The monoisotopic (exact) mass is 350 g/mol. The third-order valence-corrected chi connectivity index (χ3v) is 3.74. The van der Waals surface area contributed by atoms with Crippen molar-refractivity contribution in [1.29, 1.82) is 0 Å². The fraction of sp³-hybridized carbons (Fsp3) is 0.176. The van der Waals surface area contributed by atoms with E-state index >= 15 is 0 Å². The summed E-state index contributed by atoms with van der Waals surface area (Å²) in [7, 11) is 0. The van der Waals surface area contributed by atoms with Crippen molar-refractivity contribution in [3.05, 3.63) is 58.1 Å². The van der Waals surface area contributed by atoms with Gasteiger partial charge in [-0.15, -0.1) is 0 Å². The van der Waals surface area contributed by atoms with Gasteiger partial charge in [0.25, 0.3) is 0 Å². The van der Waals surface area contributed by atoms with E-state index in [1.165, 1.54) is 11.8 Å². The Morgan fingerprint density at radius 3 is 2.52 bits per heavy atom. The number of nitrogens with zero attached hydrogens (tertiary/aromatic N) is 1. The van der Waals surface area contributed by atoms with E-state index in [1.807, 2.05) is 25.1 Å². The van der Waals surface area contributed by atoms with Gasteiger partial charge in [-0.2, -0.15) is 0 Å². The van der Waals surface area contributed by atoms with Gasteiger partial charge in [0.2, 0.25) is 11.8 Å². The second-order valence-electron chi connectivity index (χ2n) is 5.12. The standard InChI is InChI=1S/C17H16Cl2N2O2/c1-11-4-3-5-14(8-11)20-17(23)10-21(12(2)22)16-9-13(18)6-7-15(16)19/h3-9H,10H2,1-2H3,(H,20,23). The van der Waals surface area contributed by atoms with Crippen LogP contribution in [0.2, 0.25) is 10.0 Å². The van der Waals surface area contributed by atoms with E-state index in [9.17, 15) is 9.59 Å².